The molecule has 1 aliphatic rings. The summed E-state index contributed by atoms with van der Waals surface area (Å²) in [6, 6.07) is 15.9. The summed E-state index contributed by atoms with van der Waals surface area (Å²) in [7, 11) is 0. The molecular weight excluding hydrogens is 284 g/mol. The van der Waals surface area contributed by atoms with Crippen molar-refractivity contribution in [2.45, 2.75) is 5.92 Å². The highest BCUT2D eigenvalue weighted by Gasteiger charge is 2.24. The van der Waals surface area contributed by atoms with Gasteiger partial charge in [0.25, 0.3) is 0 Å². The summed E-state index contributed by atoms with van der Waals surface area (Å²) in [5, 5.41) is 0. The van der Waals surface area contributed by atoms with Crippen molar-refractivity contribution < 1.29 is 9.47 Å². The van der Waals surface area contributed by atoms with Crippen LogP contribution in [0.25, 0.3) is 0 Å². The van der Waals surface area contributed by atoms with E-state index in [0.717, 1.165) is 17.1 Å². The van der Waals surface area contributed by atoms with Crippen LogP contribution in [0.1, 0.15) is 17.0 Å². The van der Waals surface area contributed by atoms with Crippen molar-refractivity contribution in [3.05, 3.63) is 59.7 Å². The lowest BCUT2D eigenvalue weighted by molar-refractivity contribution is 0.248. The number of benzene rings is 2. The first kappa shape index (κ1) is 13.9. The molecule has 1 heterocycles. The smallest absolute Gasteiger partial charge is 0.123 e. The zero-order valence-corrected chi connectivity index (χ0v) is 12.3. The molecule has 2 aromatic carbocycles. The van der Waals surface area contributed by atoms with Gasteiger partial charge in [0.05, 0.1) is 25.0 Å². The number of para-hydroxylation sites is 1. The maximum absolute atomic E-state index is 5.89. The molecule has 0 saturated carbocycles. The van der Waals surface area contributed by atoms with E-state index in [1.165, 1.54) is 5.56 Å². The van der Waals surface area contributed by atoms with E-state index in [2.05, 4.69) is 17.9 Å². The minimum atomic E-state index is 0.277. The second-order valence-electron chi connectivity index (χ2n) is 4.82. The Morgan fingerprint density at radius 3 is 3.00 bits per heavy atom. The first-order chi connectivity index (χ1) is 10.4. The van der Waals surface area contributed by atoms with Crippen LogP contribution in [0.2, 0.25) is 0 Å². The van der Waals surface area contributed by atoms with Crippen molar-refractivity contribution in [3.8, 4) is 23.3 Å². The van der Waals surface area contributed by atoms with E-state index in [1.54, 1.807) is 0 Å². The number of halogens is 1. The molecule has 3 rings (SSSR count). The highest BCUT2D eigenvalue weighted by molar-refractivity contribution is 6.19. The molecule has 0 N–H and O–H groups in total. The van der Waals surface area contributed by atoms with E-state index in [0.29, 0.717) is 19.1 Å². The maximum atomic E-state index is 5.89. The third kappa shape index (κ3) is 3.32. The first-order valence-electron chi connectivity index (χ1n) is 6.86. The molecule has 0 radical (unpaired) electrons. The Bertz CT molecular complexity index is 685. The largest absolute Gasteiger partial charge is 0.493 e. The van der Waals surface area contributed by atoms with Crippen molar-refractivity contribution in [3.63, 3.8) is 0 Å². The molecule has 0 aliphatic carbocycles. The molecule has 1 unspecified atom stereocenters. The average Bonchev–Trinajstić information content (AvgIpc) is 2.95. The van der Waals surface area contributed by atoms with Gasteiger partial charge in [-0.2, -0.15) is 0 Å². The van der Waals surface area contributed by atoms with Crippen molar-refractivity contribution >= 4 is 11.6 Å². The highest BCUT2D eigenvalue weighted by Crippen LogP contribution is 2.33. The monoisotopic (exact) mass is 298 g/mol. The Morgan fingerprint density at radius 2 is 2.10 bits per heavy atom. The molecule has 0 amide bonds. The molecule has 0 saturated heterocycles. The number of hydrogen-bond donors (Lipinski definition) is 0. The van der Waals surface area contributed by atoms with Crippen molar-refractivity contribution in [1.29, 1.82) is 0 Å². The topological polar surface area (TPSA) is 18.5 Å². The van der Waals surface area contributed by atoms with Gasteiger partial charge in [-0.1, -0.05) is 36.1 Å². The fourth-order valence-corrected chi connectivity index (χ4v) is 2.43. The van der Waals surface area contributed by atoms with Gasteiger partial charge >= 0.3 is 0 Å². The number of rotatable bonds is 3. The normalized spacial score (nSPS) is 15.6. The molecule has 0 spiro atoms. The van der Waals surface area contributed by atoms with Crippen molar-refractivity contribution in [2.75, 3.05) is 19.1 Å². The molecule has 2 aromatic rings. The molecule has 3 heteroatoms. The molecule has 106 valence electrons. The quantitative estimate of drug-likeness (QED) is 0.633. The molecule has 0 fully saturated rings. The second kappa shape index (κ2) is 6.56. The lowest BCUT2D eigenvalue weighted by Gasteiger charge is -2.11. The predicted octanol–water partition coefficient (Wildman–Crippen LogP) is 3.83. The molecule has 2 nitrogen and oxygen atoms in total. The van der Waals surface area contributed by atoms with Gasteiger partial charge in [-0.15, -0.1) is 11.6 Å². The summed E-state index contributed by atoms with van der Waals surface area (Å²) in [5.74, 6) is 8.23. The summed E-state index contributed by atoms with van der Waals surface area (Å²) in [4.78, 5) is 0. The van der Waals surface area contributed by atoms with E-state index >= 15 is 0 Å². The zero-order chi connectivity index (χ0) is 14.5. The van der Waals surface area contributed by atoms with Crippen molar-refractivity contribution in [2.24, 2.45) is 0 Å². The van der Waals surface area contributed by atoms with Gasteiger partial charge in [0, 0.05) is 11.1 Å². The van der Waals surface area contributed by atoms with E-state index in [9.17, 15) is 0 Å². The van der Waals surface area contributed by atoms with E-state index in [1.807, 2.05) is 42.5 Å². The van der Waals surface area contributed by atoms with Crippen molar-refractivity contribution in [1.82, 2.24) is 0 Å². The van der Waals surface area contributed by atoms with Gasteiger partial charge in [-0.05, 0) is 24.3 Å². The van der Waals surface area contributed by atoms with Crippen LogP contribution in [-0.2, 0) is 0 Å². The van der Waals surface area contributed by atoms with Gasteiger partial charge in [0.1, 0.15) is 11.5 Å². The number of ether oxygens (including phenoxy) is 2. The number of alkyl halides is 1. The molecule has 1 aliphatic heterocycles. The van der Waals surface area contributed by atoms with Crippen LogP contribution < -0.4 is 9.47 Å². The summed E-state index contributed by atoms with van der Waals surface area (Å²) in [5.41, 5.74) is 2.13. The van der Waals surface area contributed by atoms with E-state index < -0.39 is 0 Å². The highest BCUT2D eigenvalue weighted by atomic mass is 35.5. The Hall–Kier alpha value is -2.11. The third-order valence-electron chi connectivity index (χ3n) is 3.38. The first-order valence-corrected chi connectivity index (χ1v) is 7.39. The van der Waals surface area contributed by atoms with Gasteiger partial charge in [-0.3, -0.25) is 0 Å². The summed E-state index contributed by atoms with van der Waals surface area (Å²) in [6.07, 6.45) is 0. The van der Waals surface area contributed by atoms with Crippen LogP contribution >= 0.6 is 11.6 Å². The fourth-order valence-electron chi connectivity index (χ4n) is 2.36. The summed E-state index contributed by atoms with van der Waals surface area (Å²) < 4.78 is 11.5. The Morgan fingerprint density at radius 1 is 1.19 bits per heavy atom. The zero-order valence-electron chi connectivity index (χ0n) is 11.5. The van der Waals surface area contributed by atoms with Crippen LogP contribution in [-0.4, -0.2) is 19.1 Å². The number of hydrogen-bond acceptors (Lipinski definition) is 2. The Labute approximate surface area is 129 Å². The third-order valence-corrected chi connectivity index (χ3v) is 3.52. The molecule has 0 bridgehead atoms. The fraction of sp³-hybridized carbons (Fsp3) is 0.222. The van der Waals surface area contributed by atoms with Gasteiger partial charge < -0.3 is 9.47 Å². The Kier molecular flexibility index (Phi) is 4.33. The second-order valence-corrected chi connectivity index (χ2v) is 5.09. The Balaban J connectivity index is 1.66. The minimum absolute atomic E-state index is 0.277. The predicted molar refractivity (Wildman–Crippen MR) is 84.2 cm³/mol. The summed E-state index contributed by atoms with van der Waals surface area (Å²) in [6.45, 7) is 1.27. The lowest BCUT2D eigenvalue weighted by Crippen LogP contribution is -2.11. The summed E-state index contributed by atoms with van der Waals surface area (Å²) >= 11 is 5.57. The van der Waals surface area contributed by atoms with Gasteiger partial charge in [0.2, 0.25) is 0 Å². The molecule has 21 heavy (non-hydrogen) atoms. The van der Waals surface area contributed by atoms with Crippen LogP contribution in [0.5, 0.6) is 11.5 Å². The van der Waals surface area contributed by atoms with Crippen LogP contribution in [0.3, 0.4) is 0 Å². The van der Waals surface area contributed by atoms with Crippen LogP contribution in [0.4, 0.5) is 0 Å². The average molecular weight is 299 g/mol. The molecular formula is C18H15ClO2. The minimum Gasteiger partial charge on any atom is -0.493 e. The number of fused-ring (bicyclic) bond motifs is 1. The van der Waals surface area contributed by atoms with Gasteiger partial charge in [-0.25, -0.2) is 0 Å². The van der Waals surface area contributed by atoms with Crippen LogP contribution in [0.15, 0.2) is 48.5 Å². The molecule has 1 atom stereocenters. The lowest BCUT2D eigenvalue weighted by atomic mass is 10.0. The standard InChI is InChI=1S/C18H15ClO2/c19-10-4-6-14-5-3-7-16(11-14)20-12-15-13-21-18-9-2-1-8-17(15)18/h1-3,5,7-9,11,15H,10,12-13H2. The molecule has 0 aromatic heterocycles. The maximum Gasteiger partial charge on any atom is 0.123 e. The SMILES string of the molecule is ClCC#Cc1cccc(OCC2COc3ccccc32)c1. The van der Waals surface area contributed by atoms with Crippen LogP contribution in [0, 0.1) is 11.8 Å². The van der Waals surface area contributed by atoms with E-state index in [-0.39, 0.29) is 5.92 Å². The van der Waals surface area contributed by atoms with E-state index in [4.69, 9.17) is 21.1 Å². The van der Waals surface area contributed by atoms with Gasteiger partial charge in [0.15, 0.2) is 0 Å².